The van der Waals surface area contributed by atoms with Gasteiger partial charge in [0, 0.05) is 74.2 Å². The van der Waals surface area contributed by atoms with Gasteiger partial charge in [0.15, 0.2) is 6.61 Å². The molecule has 0 saturated carbocycles. The standard InChI is InChI=1S/C34H43N5O2S/c1-23-10-8-11-30(24(23)2)39-17-15-38(16-18-39)21-29-20-28(32-12-9-19-42-32)13-14-31(29)41-22-33(40)36(6)26(4)34-25(3)35-37(7)27(34)5/h8-14,19-20,26H,15-18,21-22H2,1-7H3. The second kappa shape index (κ2) is 12.7. The van der Waals surface area contributed by atoms with Gasteiger partial charge in [0.1, 0.15) is 5.75 Å². The number of likely N-dealkylation sites (N-methyl/N-ethyl adjacent to an activating group) is 1. The number of nitrogens with zero attached hydrogens (tertiary/aromatic N) is 5. The van der Waals surface area contributed by atoms with E-state index < -0.39 is 0 Å². The molecule has 0 spiro atoms. The molecule has 1 saturated heterocycles. The number of hydrogen-bond acceptors (Lipinski definition) is 6. The molecule has 1 aliphatic heterocycles. The van der Waals surface area contributed by atoms with Gasteiger partial charge in [-0.3, -0.25) is 14.4 Å². The van der Waals surface area contributed by atoms with E-state index in [1.807, 2.05) is 45.6 Å². The molecule has 1 atom stereocenters. The Morgan fingerprint density at radius 3 is 2.48 bits per heavy atom. The molecule has 7 nitrogen and oxygen atoms in total. The number of anilines is 1. The van der Waals surface area contributed by atoms with E-state index in [0.717, 1.165) is 61.0 Å². The van der Waals surface area contributed by atoms with Crippen LogP contribution in [0, 0.1) is 27.7 Å². The molecule has 0 radical (unpaired) electrons. The van der Waals surface area contributed by atoms with Crippen LogP contribution in [0.15, 0.2) is 53.9 Å². The maximum Gasteiger partial charge on any atom is 0.260 e. The lowest BCUT2D eigenvalue weighted by molar-refractivity contribution is -0.134. The zero-order valence-electron chi connectivity index (χ0n) is 26.0. The molecule has 2 aromatic heterocycles. The van der Waals surface area contributed by atoms with E-state index in [-0.39, 0.29) is 18.6 Å². The van der Waals surface area contributed by atoms with Crippen LogP contribution in [-0.4, -0.2) is 65.3 Å². The molecule has 2 aromatic carbocycles. The van der Waals surface area contributed by atoms with Crippen molar-refractivity contribution in [2.24, 2.45) is 7.05 Å². The molecule has 1 unspecified atom stereocenters. The van der Waals surface area contributed by atoms with Crippen molar-refractivity contribution in [3.05, 3.63) is 87.6 Å². The van der Waals surface area contributed by atoms with E-state index in [1.165, 1.54) is 27.3 Å². The summed E-state index contributed by atoms with van der Waals surface area (Å²) in [7, 11) is 3.78. The normalized spacial score (nSPS) is 14.7. The Hall–Kier alpha value is -3.62. The van der Waals surface area contributed by atoms with Crippen LogP contribution in [0.1, 0.15) is 46.6 Å². The van der Waals surface area contributed by atoms with Gasteiger partial charge in [-0.15, -0.1) is 11.3 Å². The number of ether oxygens (including phenoxy) is 1. The highest BCUT2D eigenvalue weighted by atomic mass is 32.1. The summed E-state index contributed by atoms with van der Waals surface area (Å²) in [6.45, 7) is 15.2. The third kappa shape index (κ3) is 6.25. The van der Waals surface area contributed by atoms with Crippen molar-refractivity contribution in [3.63, 3.8) is 0 Å². The number of aryl methyl sites for hydroxylation is 3. The van der Waals surface area contributed by atoms with Crippen LogP contribution < -0.4 is 9.64 Å². The van der Waals surface area contributed by atoms with E-state index in [4.69, 9.17) is 4.74 Å². The molecular weight excluding hydrogens is 542 g/mol. The number of thiophene rings is 1. The summed E-state index contributed by atoms with van der Waals surface area (Å²) < 4.78 is 8.13. The van der Waals surface area contributed by atoms with Crippen LogP contribution in [0.5, 0.6) is 5.75 Å². The van der Waals surface area contributed by atoms with E-state index >= 15 is 0 Å². The van der Waals surface area contributed by atoms with Crippen LogP contribution in [0.4, 0.5) is 5.69 Å². The summed E-state index contributed by atoms with van der Waals surface area (Å²) in [5.41, 5.74) is 9.45. The number of piperazine rings is 1. The zero-order chi connectivity index (χ0) is 30.0. The first-order valence-corrected chi connectivity index (χ1v) is 15.6. The van der Waals surface area contributed by atoms with Gasteiger partial charge in [0.05, 0.1) is 11.7 Å². The summed E-state index contributed by atoms with van der Waals surface area (Å²) in [4.78, 5) is 21.3. The van der Waals surface area contributed by atoms with E-state index in [2.05, 4.69) is 76.6 Å². The minimum Gasteiger partial charge on any atom is -0.483 e. The van der Waals surface area contributed by atoms with Crippen molar-refractivity contribution >= 4 is 22.9 Å². The van der Waals surface area contributed by atoms with Crippen LogP contribution in [0.3, 0.4) is 0 Å². The Bertz CT molecular complexity index is 1540. The molecule has 5 rings (SSSR count). The first-order chi connectivity index (χ1) is 20.1. The molecule has 0 bridgehead atoms. The molecule has 222 valence electrons. The Morgan fingerprint density at radius 2 is 1.81 bits per heavy atom. The summed E-state index contributed by atoms with van der Waals surface area (Å²) in [5, 5.41) is 6.64. The Morgan fingerprint density at radius 1 is 1.05 bits per heavy atom. The first kappa shape index (κ1) is 29.9. The smallest absolute Gasteiger partial charge is 0.260 e. The minimum absolute atomic E-state index is 0.00897. The third-order valence-corrected chi connectivity index (χ3v) is 9.78. The van der Waals surface area contributed by atoms with Gasteiger partial charge in [-0.25, -0.2) is 0 Å². The number of amides is 1. The number of rotatable bonds is 9. The third-order valence-electron chi connectivity index (χ3n) is 8.86. The second-order valence-corrected chi connectivity index (χ2v) is 12.4. The topological polar surface area (TPSA) is 53.8 Å². The van der Waals surface area contributed by atoms with Crippen molar-refractivity contribution in [2.75, 3.05) is 44.7 Å². The first-order valence-electron chi connectivity index (χ1n) is 14.7. The molecule has 1 aliphatic rings. The number of carbonyl (C=O) groups is 1. The molecule has 4 aromatic rings. The Labute approximate surface area is 254 Å². The number of benzene rings is 2. The lowest BCUT2D eigenvalue weighted by atomic mass is 10.1. The van der Waals surface area contributed by atoms with E-state index in [9.17, 15) is 4.79 Å². The summed E-state index contributed by atoms with van der Waals surface area (Å²) in [6.07, 6.45) is 0. The van der Waals surface area contributed by atoms with Crippen LogP contribution in [0.2, 0.25) is 0 Å². The quantitative estimate of drug-likeness (QED) is 0.231. The lowest BCUT2D eigenvalue weighted by Crippen LogP contribution is -2.46. The minimum atomic E-state index is -0.0937. The fourth-order valence-corrected chi connectivity index (χ4v) is 6.68. The highest BCUT2D eigenvalue weighted by molar-refractivity contribution is 7.13. The van der Waals surface area contributed by atoms with Gasteiger partial charge in [-0.2, -0.15) is 5.10 Å². The van der Waals surface area contributed by atoms with E-state index in [0.29, 0.717) is 0 Å². The van der Waals surface area contributed by atoms with E-state index in [1.54, 1.807) is 16.2 Å². The molecule has 0 N–H and O–H groups in total. The summed E-state index contributed by atoms with van der Waals surface area (Å²) in [6, 6.07) is 17.1. The van der Waals surface area contributed by atoms with Crippen LogP contribution in [-0.2, 0) is 18.4 Å². The maximum atomic E-state index is 13.3. The number of hydrogen-bond donors (Lipinski definition) is 0. The predicted octanol–water partition coefficient (Wildman–Crippen LogP) is 6.30. The molecule has 3 heterocycles. The van der Waals surface area contributed by atoms with Crippen molar-refractivity contribution in [1.29, 1.82) is 0 Å². The van der Waals surface area contributed by atoms with Gasteiger partial charge in [0.25, 0.3) is 5.91 Å². The van der Waals surface area contributed by atoms with Gasteiger partial charge in [-0.1, -0.05) is 18.2 Å². The average molecular weight is 586 g/mol. The van der Waals surface area contributed by atoms with Crippen molar-refractivity contribution in [2.45, 2.75) is 47.2 Å². The van der Waals surface area contributed by atoms with Crippen molar-refractivity contribution in [3.8, 4) is 16.2 Å². The van der Waals surface area contributed by atoms with Gasteiger partial charge >= 0.3 is 0 Å². The second-order valence-electron chi connectivity index (χ2n) is 11.5. The summed E-state index contributed by atoms with van der Waals surface area (Å²) in [5.74, 6) is 0.719. The Kier molecular flexibility index (Phi) is 9.04. The summed E-state index contributed by atoms with van der Waals surface area (Å²) >= 11 is 1.74. The fraction of sp³-hybridized carbons (Fsp3) is 0.412. The molecule has 1 fully saturated rings. The Balaban J connectivity index is 1.28. The van der Waals surface area contributed by atoms with Crippen LogP contribution in [0.25, 0.3) is 10.4 Å². The fourth-order valence-electron chi connectivity index (χ4n) is 5.95. The van der Waals surface area contributed by atoms with Gasteiger partial charge in [0.2, 0.25) is 0 Å². The lowest BCUT2D eigenvalue weighted by Gasteiger charge is -2.37. The number of carbonyl (C=O) groups excluding carboxylic acids is 1. The maximum absolute atomic E-state index is 13.3. The average Bonchev–Trinajstić information content (AvgIpc) is 3.61. The van der Waals surface area contributed by atoms with Gasteiger partial charge in [-0.05, 0) is 87.0 Å². The molecule has 0 aliphatic carbocycles. The zero-order valence-corrected chi connectivity index (χ0v) is 26.8. The predicted molar refractivity (Wildman–Crippen MR) is 173 cm³/mol. The van der Waals surface area contributed by atoms with Crippen molar-refractivity contribution < 1.29 is 9.53 Å². The SMILES string of the molecule is Cc1cccc(N2CCN(Cc3cc(-c4cccs4)ccc3OCC(=O)N(C)C(C)c3c(C)nn(C)c3C)CC2)c1C. The molecular formula is C34H43N5O2S. The largest absolute Gasteiger partial charge is 0.483 e. The van der Waals surface area contributed by atoms with Crippen molar-refractivity contribution in [1.82, 2.24) is 19.6 Å². The molecule has 8 heteroatoms. The van der Waals surface area contributed by atoms with Crippen LogP contribution >= 0.6 is 11.3 Å². The molecule has 1 amide bonds. The molecule has 42 heavy (non-hydrogen) atoms. The highest BCUT2D eigenvalue weighted by Crippen LogP contribution is 2.32. The monoisotopic (exact) mass is 585 g/mol. The van der Waals surface area contributed by atoms with Gasteiger partial charge < -0.3 is 14.5 Å². The highest BCUT2D eigenvalue weighted by Gasteiger charge is 2.25. The number of aromatic nitrogens is 2.